The molecule has 1 unspecified atom stereocenters. The Hall–Kier alpha value is -1.60. The van der Waals surface area contributed by atoms with Crippen molar-refractivity contribution >= 4 is 16.0 Å². The molecular weight excluding hydrogens is 348 g/mol. The molecule has 0 radical (unpaired) electrons. The highest BCUT2D eigenvalue weighted by Crippen LogP contribution is 2.05. The van der Waals surface area contributed by atoms with Crippen LogP contribution in [0.2, 0.25) is 0 Å². The molecule has 0 aliphatic rings. The van der Waals surface area contributed by atoms with Gasteiger partial charge in [0.2, 0.25) is 10.0 Å². The van der Waals surface area contributed by atoms with Crippen LogP contribution >= 0.6 is 0 Å². The van der Waals surface area contributed by atoms with Gasteiger partial charge in [-0.05, 0) is 45.6 Å². The Morgan fingerprint density at radius 3 is 2.54 bits per heavy atom. The molecular formula is C19H34N4O2S. The molecule has 1 aromatic carbocycles. The molecule has 1 aromatic rings. The minimum atomic E-state index is -3.11. The van der Waals surface area contributed by atoms with Gasteiger partial charge in [0.05, 0.1) is 5.75 Å². The molecule has 0 amide bonds. The molecule has 26 heavy (non-hydrogen) atoms. The molecule has 0 saturated carbocycles. The van der Waals surface area contributed by atoms with Crippen molar-refractivity contribution in [2.75, 3.05) is 32.4 Å². The van der Waals surface area contributed by atoms with Crippen molar-refractivity contribution in [1.82, 2.24) is 14.9 Å². The van der Waals surface area contributed by atoms with E-state index in [0.29, 0.717) is 25.6 Å². The molecule has 0 aliphatic heterocycles. The Balaban J connectivity index is 2.42. The second-order valence-electron chi connectivity index (χ2n) is 6.41. The first-order valence-electron chi connectivity index (χ1n) is 9.41. The number of nitrogens with zero attached hydrogens (tertiary/aromatic N) is 2. The molecule has 0 spiro atoms. The van der Waals surface area contributed by atoms with E-state index in [4.69, 9.17) is 0 Å². The number of aryl methyl sites for hydroxylation is 1. The summed E-state index contributed by atoms with van der Waals surface area (Å²) >= 11 is 0. The van der Waals surface area contributed by atoms with E-state index < -0.39 is 10.0 Å². The van der Waals surface area contributed by atoms with Gasteiger partial charge in [-0.1, -0.05) is 30.3 Å². The fraction of sp³-hybridized carbons (Fsp3) is 0.632. The van der Waals surface area contributed by atoms with Gasteiger partial charge in [0.15, 0.2) is 5.96 Å². The number of nitrogens with one attached hydrogen (secondary N) is 2. The quantitative estimate of drug-likeness (QED) is 0.350. The van der Waals surface area contributed by atoms with Crippen LogP contribution in [0.3, 0.4) is 0 Å². The summed E-state index contributed by atoms with van der Waals surface area (Å²) in [6.07, 6.45) is 2.74. The molecule has 1 rings (SSSR count). The van der Waals surface area contributed by atoms with Crippen molar-refractivity contribution in [3.05, 3.63) is 35.9 Å². The number of hydrogen-bond acceptors (Lipinski definition) is 3. The van der Waals surface area contributed by atoms with Gasteiger partial charge in [0, 0.05) is 32.7 Å². The summed E-state index contributed by atoms with van der Waals surface area (Å²) in [5, 5.41) is 6.67. The second kappa shape index (κ2) is 11.9. The molecule has 2 N–H and O–H groups in total. The zero-order valence-corrected chi connectivity index (χ0v) is 17.3. The third-order valence-electron chi connectivity index (χ3n) is 4.18. The van der Waals surface area contributed by atoms with Crippen LogP contribution in [0.1, 0.15) is 39.2 Å². The first kappa shape index (κ1) is 22.4. The maximum atomic E-state index is 11.7. The van der Waals surface area contributed by atoms with Crippen LogP contribution in [-0.2, 0) is 16.4 Å². The summed E-state index contributed by atoms with van der Waals surface area (Å²) in [4.78, 5) is 4.56. The first-order chi connectivity index (χ1) is 12.4. The van der Waals surface area contributed by atoms with Crippen LogP contribution in [-0.4, -0.2) is 57.2 Å². The third kappa shape index (κ3) is 8.67. The maximum absolute atomic E-state index is 11.7. The van der Waals surface area contributed by atoms with Gasteiger partial charge in [0.1, 0.15) is 0 Å². The fourth-order valence-corrected chi connectivity index (χ4v) is 3.35. The van der Waals surface area contributed by atoms with Crippen molar-refractivity contribution < 1.29 is 8.42 Å². The number of hydrogen-bond donors (Lipinski definition) is 2. The summed E-state index contributed by atoms with van der Waals surface area (Å²) in [5.41, 5.74) is 1.34. The fourth-order valence-electron chi connectivity index (χ4n) is 2.50. The zero-order chi connectivity index (χ0) is 19.4. The topological polar surface area (TPSA) is 73.8 Å². The molecule has 0 fully saturated rings. The largest absolute Gasteiger partial charge is 0.357 e. The Bertz CT molecular complexity index is 632. The molecule has 0 aliphatic carbocycles. The molecule has 0 aromatic heterocycles. The summed E-state index contributed by atoms with van der Waals surface area (Å²) < 4.78 is 24.9. The molecule has 0 heterocycles. The van der Waals surface area contributed by atoms with Crippen molar-refractivity contribution in [1.29, 1.82) is 0 Å². The van der Waals surface area contributed by atoms with Crippen molar-refractivity contribution in [3.8, 4) is 0 Å². The van der Waals surface area contributed by atoms with Crippen molar-refractivity contribution in [3.63, 3.8) is 0 Å². The first-order valence-corrected chi connectivity index (χ1v) is 11.0. The summed E-state index contributed by atoms with van der Waals surface area (Å²) in [6, 6.07) is 10.8. The lowest BCUT2D eigenvalue weighted by Crippen LogP contribution is -2.42. The standard InChI is InChI=1S/C19H34N4O2S/c1-5-20-19(21-15-10-16-23(4)26(24,25)6-2)22-17(3)13-14-18-11-8-7-9-12-18/h7-9,11-12,17H,5-6,10,13-16H2,1-4H3,(H2,20,21,22). The van der Waals surface area contributed by atoms with Crippen molar-refractivity contribution in [2.24, 2.45) is 4.99 Å². The van der Waals surface area contributed by atoms with E-state index in [1.165, 1.54) is 9.87 Å². The summed E-state index contributed by atoms with van der Waals surface area (Å²) in [6.45, 7) is 7.72. The minimum Gasteiger partial charge on any atom is -0.357 e. The smallest absolute Gasteiger partial charge is 0.213 e. The van der Waals surface area contributed by atoms with Gasteiger partial charge in [-0.2, -0.15) is 0 Å². The lowest BCUT2D eigenvalue weighted by atomic mass is 10.1. The van der Waals surface area contributed by atoms with Gasteiger partial charge >= 0.3 is 0 Å². The van der Waals surface area contributed by atoms with Gasteiger partial charge < -0.3 is 10.6 Å². The number of guanidine groups is 1. The lowest BCUT2D eigenvalue weighted by Gasteiger charge is -2.18. The third-order valence-corrected chi connectivity index (χ3v) is 6.04. The Kier molecular flexibility index (Phi) is 10.3. The highest BCUT2D eigenvalue weighted by atomic mass is 32.2. The van der Waals surface area contributed by atoms with Crippen LogP contribution in [0.25, 0.3) is 0 Å². The SMILES string of the molecule is CCNC(=NCCCN(C)S(=O)(=O)CC)NC(C)CCc1ccccc1. The number of rotatable bonds is 11. The van der Waals surface area contributed by atoms with Gasteiger partial charge in [0.25, 0.3) is 0 Å². The zero-order valence-electron chi connectivity index (χ0n) is 16.5. The minimum absolute atomic E-state index is 0.135. The van der Waals surface area contributed by atoms with Crippen LogP contribution < -0.4 is 10.6 Å². The summed E-state index contributed by atoms with van der Waals surface area (Å²) in [7, 11) is -1.49. The molecule has 1 atom stereocenters. The van der Waals surface area contributed by atoms with Crippen LogP contribution in [0.5, 0.6) is 0 Å². The van der Waals surface area contributed by atoms with E-state index in [-0.39, 0.29) is 5.75 Å². The number of aliphatic imine (C=N–C) groups is 1. The van der Waals surface area contributed by atoms with E-state index in [2.05, 4.69) is 46.8 Å². The van der Waals surface area contributed by atoms with E-state index in [0.717, 1.165) is 25.3 Å². The normalized spacial score (nSPS) is 13.7. The molecule has 7 heteroatoms. The van der Waals surface area contributed by atoms with Crippen LogP contribution in [0, 0.1) is 0 Å². The van der Waals surface area contributed by atoms with Crippen LogP contribution in [0.4, 0.5) is 0 Å². The van der Waals surface area contributed by atoms with Gasteiger partial charge in [-0.15, -0.1) is 0 Å². The Labute approximate surface area is 159 Å². The molecule has 0 bridgehead atoms. The lowest BCUT2D eigenvalue weighted by molar-refractivity contribution is 0.464. The molecule has 148 valence electrons. The Morgan fingerprint density at radius 2 is 1.92 bits per heavy atom. The Morgan fingerprint density at radius 1 is 1.23 bits per heavy atom. The van der Waals surface area contributed by atoms with Gasteiger partial charge in [-0.3, -0.25) is 4.99 Å². The highest BCUT2D eigenvalue weighted by Gasteiger charge is 2.13. The average Bonchev–Trinajstić information content (AvgIpc) is 2.64. The maximum Gasteiger partial charge on any atom is 0.213 e. The van der Waals surface area contributed by atoms with Crippen LogP contribution in [0.15, 0.2) is 35.3 Å². The van der Waals surface area contributed by atoms with E-state index in [9.17, 15) is 8.42 Å². The average molecular weight is 383 g/mol. The predicted octanol–water partition coefficient (Wildman–Crippen LogP) is 2.23. The molecule has 0 saturated heterocycles. The number of benzene rings is 1. The summed E-state index contributed by atoms with van der Waals surface area (Å²) in [5.74, 6) is 0.921. The highest BCUT2D eigenvalue weighted by molar-refractivity contribution is 7.89. The monoisotopic (exact) mass is 382 g/mol. The van der Waals surface area contributed by atoms with E-state index in [1.54, 1.807) is 14.0 Å². The van der Waals surface area contributed by atoms with E-state index in [1.807, 2.05) is 13.0 Å². The van der Waals surface area contributed by atoms with Gasteiger partial charge in [-0.25, -0.2) is 12.7 Å². The molecule has 6 nitrogen and oxygen atoms in total. The predicted molar refractivity (Wildman–Crippen MR) is 110 cm³/mol. The second-order valence-corrected chi connectivity index (χ2v) is 8.77. The number of sulfonamides is 1. The van der Waals surface area contributed by atoms with E-state index >= 15 is 0 Å². The van der Waals surface area contributed by atoms with Crippen molar-refractivity contribution in [2.45, 2.75) is 46.1 Å².